The number of rotatable bonds is 13. The summed E-state index contributed by atoms with van der Waals surface area (Å²) in [6, 6.07) is 52.1. The molecule has 1 N–H and O–H groups in total. The second-order valence-electron chi connectivity index (χ2n) is 14.8. The van der Waals surface area contributed by atoms with Crippen molar-refractivity contribution in [2.45, 2.75) is 70.5 Å². The fraction of sp³-hybridized carbons (Fsp3) is 0.311. The van der Waals surface area contributed by atoms with Crippen LogP contribution in [0, 0.1) is 11.8 Å². The van der Waals surface area contributed by atoms with Gasteiger partial charge >= 0.3 is 0 Å². The molecular weight excluding hydrogens is 647 g/mol. The van der Waals surface area contributed by atoms with Gasteiger partial charge in [0.15, 0.2) is 6.10 Å². The van der Waals surface area contributed by atoms with Crippen molar-refractivity contribution in [1.82, 2.24) is 0 Å². The maximum atomic E-state index is 11.8. The molecule has 0 amide bonds. The number of aliphatic hydroxyl groups excluding tert-OH is 1. The van der Waals surface area contributed by atoms with Crippen LogP contribution in [-0.2, 0) is 19.6 Å². The number of hydrogen-bond acceptors (Lipinski definition) is 5. The van der Waals surface area contributed by atoms with Crippen LogP contribution in [0.5, 0.6) is 0 Å². The van der Waals surface area contributed by atoms with E-state index in [9.17, 15) is 5.11 Å². The maximum absolute atomic E-state index is 11.8. The summed E-state index contributed by atoms with van der Waals surface area (Å²) in [6.07, 6.45) is -1.67. The van der Waals surface area contributed by atoms with Gasteiger partial charge in [0.1, 0.15) is 11.7 Å². The zero-order valence-corrected chi connectivity index (χ0v) is 31.6. The van der Waals surface area contributed by atoms with Gasteiger partial charge in [-0.15, -0.1) is 0 Å². The smallest absolute Gasteiger partial charge is 0.261 e. The molecule has 264 valence electrons. The quantitative estimate of drug-likeness (QED) is 0.0993. The number of hydrogen-bond donors (Lipinski definition) is 1. The highest BCUT2D eigenvalue weighted by Gasteiger charge is 2.52. The molecule has 1 aliphatic rings. The molecule has 0 radical (unpaired) electrons. The molecule has 0 aromatic heterocycles. The lowest BCUT2D eigenvalue weighted by molar-refractivity contribution is -0.0978. The van der Waals surface area contributed by atoms with E-state index in [0.29, 0.717) is 0 Å². The van der Waals surface area contributed by atoms with E-state index < -0.39 is 26.1 Å². The van der Waals surface area contributed by atoms with Crippen molar-refractivity contribution >= 4 is 24.4 Å². The molecule has 0 spiro atoms. The monoisotopic (exact) mass is 697 g/mol. The highest BCUT2D eigenvalue weighted by Crippen LogP contribution is 2.42. The average Bonchev–Trinajstić information content (AvgIpc) is 3.56. The summed E-state index contributed by atoms with van der Waals surface area (Å²) >= 11 is 0. The van der Waals surface area contributed by atoms with Crippen LogP contribution < -0.4 is 10.4 Å². The minimum absolute atomic E-state index is 0.0407. The molecule has 5 aromatic carbocycles. The average molecular weight is 698 g/mol. The second kappa shape index (κ2) is 15.5. The van der Waals surface area contributed by atoms with Gasteiger partial charge in [-0.3, -0.25) is 0 Å². The fourth-order valence-electron chi connectivity index (χ4n) is 7.75. The highest BCUT2D eigenvalue weighted by atomic mass is 28.4. The van der Waals surface area contributed by atoms with Crippen LogP contribution >= 0.6 is 0 Å². The molecule has 6 heteroatoms. The zero-order valence-electron chi connectivity index (χ0n) is 30.6. The first-order valence-corrected chi connectivity index (χ1v) is 20.0. The molecule has 1 unspecified atom stereocenters. The van der Waals surface area contributed by atoms with Crippen molar-refractivity contribution in [3.8, 4) is 0 Å². The largest absolute Gasteiger partial charge is 0.404 e. The molecule has 0 aliphatic carbocycles. The maximum Gasteiger partial charge on any atom is 0.261 e. The fourth-order valence-corrected chi connectivity index (χ4v) is 12.5. The molecule has 5 nitrogen and oxygen atoms in total. The van der Waals surface area contributed by atoms with Crippen molar-refractivity contribution in [2.75, 3.05) is 6.61 Å². The Labute approximate surface area is 305 Å². The van der Waals surface area contributed by atoms with E-state index in [1.807, 2.05) is 54.6 Å². The van der Waals surface area contributed by atoms with Crippen molar-refractivity contribution in [2.24, 2.45) is 17.0 Å². The van der Waals surface area contributed by atoms with Gasteiger partial charge in [-0.1, -0.05) is 191 Å². The van der Waals surface area contributed by atoms with Crippen molar-refractivity contribution in [3.63, 3.8) is 0 Å². The summed E-state index contributed by atoms with van der Waals surface area (Å²) in [7, 11) is -2.78. The molecule has 1 aliphatic heterocycles. The highest BCUT2D eigenvalue weighted by molar-refractivity contribution is 6.99. The Morgan fingerprint density at radius 2 is 1.06 bits per heavy atom. The SMILES string of the molecule is C[C@H](O[Si](c1ccccc1)(c1ccccc1)C(C)(C)C)[C@@H](C)C1=NOC([C@H](O)COC(c2ccccc2)(c2ccccc2)c2ccccc2)[C@H]1C. The molecule has 5 atom stereocenters. The Balaban J connectivity index is 1.24. The van der Waals surface area contributed by atoms with Gasteiger partial charge < -0.3 is 19.1 Å². The number of oxime groups is 1. The minimum atomic E-state index is -2.78. The van der Waals surface area contributed by atoms with Gasteiger partial charge in [-0.2, -0.15) is 0 Å². The molecule has 6 rings (SSSR count). The molecule has 0 saturated heterocycles. The summed E-state index contributed by atoms with van der Waals surface area (Å²) in [5, 5.41) is 18.8. The molecule has 5 aromatic rings. The number of benzene rings is 5. The number of ether oxygens (including phenoxy) is 1. The van der Waals surface area contributed by atoms with E-state index in [4.69, 9.17) is 14.0 Å². The van der Waals surface area contributed by atoms with Crippen molar-refractivity contribution < 1.29 is 19.1 Å². The molecule has 51 heavy (non-hydrogen) atoms. The van der Waals surface area contributed by atoms with Gasteiger partial charge in [0, 0.05) is 11.8 Å². The minimum Gasteiger partial charge on any atom is -0.404 e. The van der Waals surface area contributed by atoms with E-state index in [-0.39, 0.29) is 29.6 Å². The normalized spacial score (nSPS) is 18.4. The van der Waals surface area contributed by atoms with Crippen LogP contribution in [-0.4, -0.2) is 44.1 Å². The third kappa shape index (κ3) is 7.11. The Bertz CT molecular complexity index is 1710. The predicted molar refractivity (Wildman–Crippen MR) is 210 cm³/mol. The third-order valence-corrected chi connectivity index (χ3v) is 15.7. The first kappa shape index (κ1) is 36.5. The van der Waals surface area contributed by atoms with E-state index in [2.05, 4.69) is 144 Å². The van der Waals surface area contributed by atoms with Crippen LogP contribution in [0.4, 0.5) is 0 Å². The standard InChI is InChI=1S/C45H51NO4Si/c1-33(35(3)50-51(44(4,5)6,39-28-18-10-19-29-39)40-30-20-11-21-31-40)42-34(2)43(49-46-42)41(47)32-48-45(36-22-12-7-13-23-36,37-24-14-8-15-25-37)38-26-16-9-17-27-38/h7-31,33-35,41,43,47H,32H2,1-6H3/t33-,34+,35+,41-,43?/m1/s1. The zero-order chi connectivity index (χ0) is 36.1. The van der Waals surface area contributed by atoms with Crippen molar-refractivity contribution in [3.05, 3.63) is 168 Å². The van der Waals surface area contributed by atoms with Crippen LogP contribution in [0.3, 0.4) is 0 Å². The lowest BCUT2D eigenvalue weighted by Crippen LogP contribution is -2.68. The van der Waals surface area contributed by atoms with E-state index in [0.717, 1.165) is 22.4 Å². The first-order chi connectivity index (χ1) is 24.6. The topological polar surface area (TPSA) is 60.3 Å². The van der Waals surface area contributed by atoms with Crippen LogP contribution in [0.25, 0.3) is 0 Å². The van der Waals surface area contributed by atoms with Crippen LogP contribution in [0.15, 0.2) is 157 Å². The molecule has 0 saturated carbocycles. The van der Waals surface area contributed by atoms with Gasteiger partial charge in [0.2, 0.25) is 0 Å². The van der Waals surface area contributed by atoms with Gasteiger partial charge in [0.05, 0.1) is 18.4 Å². The lowest BCUT2D eigenvalue weighted by Gasteiger charge is -2.45. The van der Waals surface area contributed by atoms with E-state index in [1.54, 1.807) is 0 Å². The van der Waals surface area contributed by atoms with E-state index >= 15 is 0 Å². The second-order valence-corrected chi connectivity index (χ2v) is 19.1. The molecule has 0 fully saturated rings. The Morgan fingerprint density at radius 3 is 1.45 bits per heavy atom. The van der Waals surface area contributed by atoms with Crippen LogP contribution in [0.2, 0.25) is 5.04 Å². The Morgan fingerprint density at radius 1 is 0.667 bits per heavy atom. The summed E-state index contributed by atoms with van der Waals surface area (Å²) in [5.74, 6) is -0.208. The lowest BCUT2D eigenvalue weighted by atomic mass is 9.80. The molecule has 0 bridgehead atoms. The summed E-state index contributed by atoms with van der Waals surface area (Å²) in [4.78, 5) is 6.07. The van der Waals surface area contributed by atoms with Crippen LogP contribution in [0.1, 0.15) is 58.2 Å². The molecule has 1 heterocycles. The van der Waals surface area contributed by atoms with E-state index in [1.165, 1.54) is 10.4 Å². The number of aliphatic hydroxyl groups is 1. The van der Waals surface area contributed by atoms with Crippen molar-refractivity contribution in [1.29, 1.82) is 0 Å². The van der Waals surface area contributed by atoms with Gasteiger partial charge in [-0.25, -0.2) is 0 Å². The predicted octanol–water partition coefficient (Wildman–Crippen LogP) is 8.35. The first-order valence-electron chi connectivity index (χ1n) is 18.1. The molecular formula is C45H51NO4Si. The summed E-state index contributed by atoms with van der Waals surface area (Å²) in [5.41, 5.74) is 2.89. The Kier molecular flexibility index (Phi) is 11.1. The third-order valence-electron chi connectivity index (χ3n) is 10.6. The summed E-state index contributed by atoms with van der Waals surface area (Å²) < 4.78 is 14.4. The Hall–Kier alpha value is -4.33. The number of nitrogens with zero attached hydrogens (tertiary/aromatic N) is 1. The van der Waals surface area contributed by atoms with Gasteiger partial charge in [-0.05, 0) is 39.0 Å². The summed E-state index contributed by atoms with van der Waals surface area (Å²) in [6.45, 7) is 13.3. The van der Waals surface area contributed by atoms with Gasteiger partial charge in [0.25, 0.3) is 8.32 Å².